The zero-order valence-electron chi connectivity index (χ0n) is 48.0. The van der Waals surface area contributed by atoms with Gasteiger partial charge in [-0.2, -0.15) is 0 Å². The minimum absolute atomic E-state index is 0.0933. The molecule has 0 spiro atoms. The van der Waals surface area contributed by atoms with E-state index in [1.165, 1.54) is 51.4 Å². The highest BCUT2D eigenvalue weighted by Crippen LogP contribution is 2.26. The lowest BCUT2D eigenvalue weighted by atomic mass is 9.99. The summed E-state index contributed by atoms with van der Waals surface area (Å²) in [6.07, 6.45) is 63.6. The fourth-order valence-electron chi connectivity index (χ4n) is 8.47. The predicted octanol–water partition coefficient (Wildman–Crippen LogP) is 14.1. The summed E-state index contributed by atoms with van der Waals surface area (Å²) in [4.78, 5) is 26.5. The first-order valence-corrected chi connectivity index (χ1v) is 30.0. The molecule has 1 fully saturated rings. The fraction of sp³-hybridized carbons (Fsp3) is 0.636. The molecule has 0 saturated carbocycles. The lowest BCUT2D eigenvalue weighted by Crippen LogP contribution is -2.61. The van der Waals surface area contributed by atoms with Crippen molar-refractivity contribution < 1.29 is 49.3 Å². The van der Waals surface area contributed by atoms with Crippen LogP contribution in [0.2, 0.25) is 0 Å². The molecule has 0 aromatic heterocycles. The van der Waals surface area contributed by atoms with Gasteiger partial charge in [0.15, 0.2) is 12.4 Å². The number of carbonyl (C=O) groups excluding carboxylic acids is 2. The van der Waals surface area contributed by atoms with E-state index in [1.807, 2.05) is 60.8 Å². The summed E-state index contributed by atoms with van der Waals surface area (Å²) in [5.74, 6) is -1.30. The molecular weight excluding hydrogens is 967 g/mol. The van der Waals surface area contributed by atoms with E-state index in [-0.39, 0.29) is 19.4 Å². The van der Waals surface area contributed by atoms with Crippen LogP contribution in [0.3, 0.4) is 0 Å². The summed E-state index contributed by atoms with van der Waals surface area (Å²) in [6.45, 7) is 5.45. The Hall–Kier alpha value is -4.20. The normalized spacial score (nSPS) is 20.0. The third-order valence-corrected chi connectivity index (χ3v) is 13.2. The van der Waals surface area contributed by atoms with E-state index in [0.717, 1.165) is 109 Å². The molecular formula is C66H107NO10. The molecule has 436 valence electrons. The van der Waals surface area contributed by atoms with Gasteiger partial charge >= 0.3 is 5.97 Å². The number of nitrogens with one attached hydrogen (secondary N) is 1. The average molecular weight is 1070 g/mol. The van der Waals surface area contributed by atoms with Crippen LogP contribution < -0.4 is 5.32 Å². The van der Waals surface area contributed by atoms with Crippen molar-refractivity contribution in [1.29, 1.82) is 0 Å². The van der Waals surface area contributed by atoms with E-state index < -0.39 is 67.4 Å². The van der Waals surface area contributed by atoms with Crippen molar-refractivity contribution in [2.45, 2.75) is 256 Å². The molecule has 11 heteroatoms. The maximum absolute atomic E-state index is 13.3. The minimum atomic E-state index is -1.64. The Morgan fingerprint density at radius 2 is 1.00 bits per heavy atom. The third kappa shape index (κ3) is 40.6. The first-order chi connectivity index (χ1) is 37.7. The van der Waals surface area contributed by atoms with Crippen LogP contribution in [0.15, 0.2) is 134 Å². The van der Waals surface area contributed by atoms with Gasteiger partial charge in [-0.1, -0.05) is 251 Å². The van der Waals surface area contributed by atoms with Gasteiger partial charge in [-0.3, -0.25) is 9.59 Å². The van der Waals surface area contributed by atoms with Crippen LogP contribution in [0.5, 0.6) is 0 Å². The quantitative estimate of drug-likeness (QED) is 0.0149. The molecule has 11 nitrogen and oxygen atoms in total. The number of hydrogen-bond acceptors (Lipinski definition) is 10. The van der Waals surface area contributed by atoms with Gasteiger partial charge in [-0.05, 0) is 83.5 Å². The number of aliphatic hydroxyl groups excluding tert-OH is 5. The van der Waals surface area contributed by atoms with E-state index in [2.05, 4.69) is 92.9 Å². The largest absolute Gasteiger partial charge is 0.454 e. The smallest absolute Gasteiger partial charge is 0.306 e. The summed E-state index contributed by atoms with van der Waals surface area (Å²) < 4.78 is 17.5. The monoisotopic (exact) mass is 1070 g/mol. The van der Waals surface area contributed by atoms with Crippen molar-refractivity contribution in [2.75, 3.05) is 13.2 Å². The molecule has 1 aliphatic heterocycles. The number of carbonyl (C=O) groups is 2. The van der Waals surface area contributed by atoms with Crippen molar-refractivity contribution in [3.05, 3.63) is 134 Å². The Kier molecular flexibility index (Phi) is 48.3. The average Bonchev–Trinajstić information content (AvgIpc) is 3.43. The number of hydrogen-bond donors (Lipinski definition) is 6. The van der Waals surface area contributed by atoms with E-state index in [4.69, 9.17) is 14.2 Å². The Morgan fingerprint density at radius 3 is 1.53 bits per heavy atom. The first-order valence-electron chi connectivity index (χ1n) is 30.0. The van der Waals surface area contributed by atoms with Gasteiger partial charge in [-0.25, -0.2) is 0 Å². The zero-order chi connectivity index (χ0) is 56.1. The number of ether oxygens (including phenoxy) is 3. The topological polar surface area (TPSA) is 175 Å². The van der Waals surface area contributed by atoms with E-state index in [9.17, 15) is 35.1 Å². The van der Waals surface area contributed by atoms with Crippen LogP contribution in [0.25, 0.3) is 0 Å². The van der Waals surface area contributed by atoms with Crippen LogP contribution in [0.4, 0.5) is 0 Å². The molecule has 8 atom stereocenters. The SMILES string of the molecule is CC/C=C\C/C=C\C/C=C\C/C=C\C/C=C\CCCCCCCCCC(=O)OC1C(OCC(NC(=O)C(O)CC/C=C/C=C\C=C/C=C/C=C/CC)C(O)/C=C/CCCCCCCCCCCCC)OC(CO)C(O)C1O. The van der Waals surface area contributed by atoms with Gasteiger partial charge in [0.25, 0.3) is 0 Å². The van der Waals surface area contributed by atoms with Crippen LogP contribution >= 0.6 is 0 Å². The molecule has 1 aliphatic rings. The Labute approximate surface area is 467 Å². The van der Waals surface area contributed by atoms with Crippen LogP contribution in [-0.2, 0) is 23.8 Å². The fourth-order valence-corrected chi connectivity index (χ4v) is 8.47. The summed E-state index contributed by atoms with van der Waals surface area (Å²) >= 11 is 0. The van der Waals surface area contributed by atoms with Gasteiger partial charge < -0.3 is 45.1 Å². The highest BCUT2D eigenvalue weighted by molar-refractivity contribution is 5.80. The molecule has 1 rings (SSSR count). The molecule has 0 radical (unpaired) electrons. The van der Waals surface area contributed by atoms with Gasteiger partial charge in [0.2, 0.25) is 5.91 Å². The molecule has 0 aromatic carbocycles. The molecule has 77 heavy (non-hydrogen) atoms. The highest BCUT2D eigenvalue weighted by Gasteiger charge is 2.47. The van der Waals surface area contributed by atoms with E-state index >= 15 is 0 Å². The summed E-state index contributed by atoms with van der Waals surface area (Å²) in [5, 5.41) is 56.8. The minimum Gasteiger partial charge on any atom is -0.454 e. The maximum atomic E-state index is 13.3. The number of esters is 1. The van der Waals surface area contributed by atoms with E-state index in [0.29, 0.717) is 12.8 Å². The molecule has 0 bridgehead atoms. The second kappa shape index (κ2) is 52.5. The summed E-state index contributed by atoms with van der Waals surface area (Å²) in [6, 6.07) is -1.07. The zero-order valence-corrected chi connectivity index (χ0v) is 48.0. The number of allylic oxidation sites excluding steroid dienone is 21. The van der Waals surface area contributed by atoms with Crippen LogP contribution in [0, 0.1) is 0 Å². The number of amides is 1. The number of rotatable bonds is 48. The molecule has 1 heterocycles. The van der Waals surface area contributed by atoms with Crippen molar-refractivity contribution in [3.63, 3.8) is 0 Å². The Bertz CT molecular complexity index is 1760. The van der Waals surface area contributed by atoms with Crippen LogP contribution in [0.1, 0.15) is 207 Å². The lowest BCUT2D eigenvalue weighted by molar-refractivity contribution is -0.305. The second-order valence-electron chi connectivity index (χ2n) is 20.1. The van der Waals surface area contributed by atoms with Gasteiger partial charge in [0.1, 0.15) is 24.4 Å². The second-order valence-corrected chi connectivity index (χ2v) is 20.1. The Balaban J connectivity index is 2.71. The highest BCUT2D eigenvalue weighted by atomic mass is 16.7. The third-order valence-electron chi connectivity index (χ3n) is 13.2. The molecule has 0 aromatic rings. The number of aliphatic hydroxyl groups is 5. The van der Waals surface area contributed by atoms with Crippen molar-refractivity contribution >= 4 is 11.9 Å². The van der Waals surface area contributed by atoms with Gasteiger partial charge in [-0.15, -0.1) is 0 Å². The summed E-state index contributed by atoms with van der Waals surface area (Å²) in [7, 11) is 0. The summed E-state index contributed by atoms with van der Waals surface area (Å²) in [5.41, 5.74) is 0. The Morgan fingerprint density at radius 1 is 0.532 bits per heavy atom. The first kappa shape index (κ1) is 70.8. The molecule has 6 N–H and O–H groups in total. The van der Waals surface area contributed by atoms with E-state index in [1.54, 1.807) is 6.08 Å². The standard InChI is InChI=1S/C66H107NO10/c1-4-7-10-13-16-19-22-25-26-27-28-29-30-31-32-33-34-36-39-42-45-48-51-54-61(71)77-64-63(73)62(72)60(55-68)76-66(64)75-56-57(58(69)52-49-46-43-40-38-35-23-20-17-14-11-8-5-2)67-65(74)59(70)53-50-47-44-41-37-24-21-18-15-12-9-6-3/h7,9-10,12,15-16,18-19,21,24-26,28-29,31-32,37,41,44,47,49,52,57-60,62-64,66,68-70,72-73H,4-6,8,11,13-14,17,20,22-23,27,30,33-36,38-40,42-43,45-46,48,50-51,53-56H2,1-3H3,(H,67,74)/b10-7-,12-9+,18-15+,19-16-,24-21-,26-25-,29-28-,32-31-,41-37-,47-44+,52-49+. The van der Waals surface area contributed by atoms with Crippen molar-refractivity contribution in [3.8, 4) is 0 Å². The molecule has 0 aliphatic carbocycles. The number of unbranched alkanes of at least 4 members (excludes halogenated alkanes) is 18. The maximum Gasteiger partial charge on any atom is 0.306 e. The van der Waals surface area contributed by atoms with Gasteiger partial charge in [0, 0.05) is 6.42 Å². The molecule has 8 unspecified atom stereocenters. The molecule has 1 amide bonds. The van der Waals surface area contributed by atoms with Gasteiger partial charge in [0.05, 0.1) is 25.4 Å². The van der Waals surface area contributed by atoms with Crippen molar-refractivity contribution in [1.82, 2.24) is 5.32 Å². The molecule has 1 saturated heterocycles. The lowest BCUT2D eigenvalue weighted by Gasteiger charge is -2.41. The van der Waals surface area contributed by atoms with Crippen molar-refractivity contribution in [2.24, 2.45) is 0 Å². The van der Waals surface area contributed by atoms with Crippen LogP contribution in [-0.4, -0.2) is 99.6 Å². The predicted molar refractivity (Wildman–Crippen MR) is 319 cm³/mol.